The Kier molecular flexibility index (Phi) is 5.54. The van der Waals surface area contributed by atoms with E-state index in [4.69, 9.17) is 13.9 Å². The Bertz CT molecular complexity index is 1130. The number of benzene rings is 2. The Labute approximate surface area is 166 Å². The minimum atomic E-state index is -0.557. The Balaban J connectivity index is 2.06. The maximum Gasteiger partial charge on any atom is 0.414 e. The van der Waals surface area contributed by atoms with Gasteiger partial charge in [-0.1, -0.05) is 12.1 Å². The van der Waals surface area contributed by atoms with E-state index in [1.165, 1.54) is 34.1 Å². The van der Waals surface area contributed by atoms with Crippen LogP contribution < -0.4 is 14.9 Å². The predicted molar refractivity (Wildman–Crippen MR) is 107 cm³/mol. The molecule has 8 heteroatoms. The van der Waals surface area contributed by atoms with E-state index in [1.807, 2.05) is 0 Å². The average Bonchev–Trinajstić information content (AvgIpc) is 2.67. The summed E-state index contributed by atoms with van der Waals surface area (Å²) in [6.45, 7) is 0. The van der Waals surface area contributed by atoms with Crippen LogP contribution in [0.4, 0.5) is 9.59 Å². The molecule has 0 saturated heterocycles. The molecule has 3 rings (SSSR count). The lowest BCUT2D eigenvalue weighted by Crippen LogP contribution is -2.25. The van der Waals surface area contributed by atoms with Crippen molar-refractivity contribution in [2.45, 2.75) is 0 Å². The number of fused-ring (bicyclic) bond motifs is 1. The maximum absolute atomic E-state index is 12.6. The second-order valence-corrected chi connectivity index (χ2v) is 6.65. The van der Waals surface area contributed by atoms with Gasteiger partial charge < -0.3 is 23.7 Å². The van der Waals surface area contributed by atoms with Crippen molar-refractivity contribution in [2.24, 2.45) is 0 Å². The number of ether oxygens (including phenoxy) is 2. The second-order valence-electron chi connectivity index (χ2n) is 6.65. The standard InChI is InChI=1S/C21H20N2O6/c1-22(2)20(25)27-13-9-10-14-16(24)12-19(28-18(14)11-13)15-7-5-6-8-17(15)29-21(26)23(3)4/h5-12H,1-4H3. The van der Waals surface area contributed by atoms with Crippen LogP contribution in [0.15, 0.2) is 57.7 Å². The van der Waals surface area contributed by atoms with E-state index in [9.17, 15) is 14.4 Å². The summed E-state index contributed by atoms with van der Waals surface area (Å²) in [4.78, 5) is 38.8. The van der Waals surface area contributed by atoms with Crippen LogP contribution in [-0.2, 0) is 0 Å². The number of carbonyl (C=O) groups is 2. The van der Waals surface area contributed by atoms with E-state index < -0.39 is 12.2 Å². The van der Waals surface area contributed by atoms with Gasteiger partial charge in [-0.3, -0.25) is 4.79 Å². The Morgan fingerprint density at radius 1 is 0.862 bits per heavy atom. The van der Waals surface area contributed by atoms with Crippen molar-refractivity contribution in [2.75, 3.05) is 28.2 Å². The molecule has 0 aliphatic heterocycles. The van der Waals surface area contributed by atoms with Crippen LogP contribution in [0.25, 0.3) is 22.3 Å². The van der Waals surface area contributed by atoms with E-state index in [0.717, 1.165) is 0 Å². The Morgan fingerprint density at radius 2 is 1.52 bits per heavy atom. The molecule has 0 bridgehead atoms. The van der Waals surface area contributed by atoms with Crippen LogP contribution in [0.1, 0.15) is 0 Å². The largest absolute Gasteiger partial charge is 0.456 e. The molecule has 0 radical (unpaired) electrons. The van der Waals surface area contributed by atoms with Crippen molar-refractivity contribution in [1.29, 1.82) is 0 Å². The van der Waals surface area contributed by atoms with Crippen molar-refractivity contribution >= 4 is 23.2 Å². The summed E-state index contributed by atoms with van der Waals surface area (Å²) in [6, 6.07) is 12.6. The number of hydrogen-bond donors (Lipinski definition) is 0. The highest BCUT2D eigenvalue weighted by Crippen LogP contribution is 2.32. The highest BCUT2D eigenvalue weighted by molar-refractivity contribution is 5.82. The number of carbonyl (C=O) groups excluding carboxylic acids is 2. The number of rotatable bonds is 3. The van der Waals surface area contributed by atoms with Crippen LogP contribution in [0.3, 0.4) is 0 Å². The monoisotopic (exact) mass is 396 g/mol. The molecule has 2 amide bonds. The van der Waals surface area contributed by atoms with Crippen LogP contribution in [-0.4, -0.2) is 50.2 Å². The van der Waals surface area contributed by atoms with E-state index in [0.29, 0.717) is 10.9 Å². The zero-order valence-electron chi connectivity index (χ0n) is 16.5. The molecule has 0 saturated carbocycles. The topological polar surface area (TPSA) is 89.3 Å². The van der Waals surface area contributed by atoms with E-state index in [1.54, 1.807) is 52.5 Å². The molecule has 1 aromatic heterocycles. The fraction of sp³-hybridized carbons (Fsp3) is 0.190. The molecule has 3 aromatic rings. The molecule has 0 spiro atoms. The molecule has 0 atom stereocenters. The lowest BCUT2D eigenvalue weighted by molar-refractivity contribution is 0.171. The first-order chi connectivity index (χ1) is 13.8. The summed E-state index contributed by atoms with van der Waals surface area (Å²) >= 11 is 0. The quantitative estimate of drug-likeness (QED) is 0.672. The van der Waals surface area contributed by atoms with Crippen molar-refractivity contribution in [3.05, 3.63) is 58.8 Å². The van der Waals surface area contributed by atoms with Crippen molar-refractivity contribution < 1.29 is 23.5 Å². The zero-order valence-corrected chi connectivity index (χ0v) is 16.5. The number of nitrogens with zero attached hydrogens (tertiary/aromatic N) is 2. The van der Waals surface area contributed by atoms with Gasteiger partial charge in [-0.2, -0.15) is 0 Å². The summed E-state index contributed by atoms with van der Waals surface area (Å²) in [7, 11) is 6.26. The summed E-state index contributed by atoms with van der Waals surface area (Å²) in [5.74, 6) is 0.716. The number of hydrogen-bond acceptors (Lipinski definition) is 6. The van der Waals surface area contributed by atoms with Crippen LogP contribution >= 0.6 is 0 Å². The lowest BCUT2D eigenvalue weighted by Gasteiger charge is -2.14. The summed E-state index contributed by atoms with van der Waals surface area (Å²) in [5.41, 5.74) is 0.406. The molecular weight excluding hydrogens is 376 g/mol. The third kappa shape index (κ3) is 4.37. The van der Waals surface area contributed by atoms with Gasteiger partial charge in [-0.05, 0) is 24.3 Å². The van der Waals surface area contributed by atoms with Gasteiger partial charge in [0.1, 0.15) is 22.8 Å². The van der Waals surface area contributed by atoms with Gasteiger partial charge in [-0.15, -0.1) is 0 Å². The first-order valence-electron chi connectivity index (χ1n) is 8.72. The van der Waals surface area contributed by atoms with E-state index in [2.05, 4.69) is 0 Å². The third-order valence-corrected chi connectivity index (χ3v) is 3.99. The van der Waals surface area contributed by atoms with E-state index in [-0.39, 0.29) is 28.3 Å². The van der Waals surface area contributed by atoms with Crippen molar-refractivity contribution in [1.82, 2.24) is 9.80 Å². The van der Waals surface area contributed by atoms with Gasteiger partial charge in [0.05, 0.1) is 10.9 Å². The van der Waals surface area contributed by atoms with Gasteiger partial charge in [-0.25, -0.2) is 9.59 Å². The van der Waals surface area contributed by atoms with Crippen molar-refractivity contribution in [3.8, 4) is 22.8 Å². The molecule has 0 fully saturated rings. The fourth-order valence-electron chi connectivity index (χ4n) is 2.47. The predicted octanol–water partition coefficient (Wildman–Crippen LogP) is 3.58. The average molecular weight is 396 g/mol. The van der Waals surface area contributed by atoms with E-state index >= 15 is 0 Å². The highest BCUT2D eigenvalue weighted by Gasteiger charge is 2.16. The smallest absolute Gasteiger partial charge is 0.414 e. The van der Waals surface area contributed by atoms with Crippen molar-refractivity contribution in [3.63, 3.8) is 0 Å². The minimum absolute atomic E-state index is 0.223. The maximum atomic E-state index is 12.6. The van der Waals surface area contributed by atoms with Gasteiger partial charge >= 0.3 is 12.2 Å². The lowest BCUT2D eigenvalue weighted by atomic mass is 10.1. The van der Waals surface area contributed by atoms with Crippen LogP contribution in [0.2, 0.25) is 0 Å². The van der Waals surface area contributed by atoms with Crippen LogP contribution in [0.5, 0.6) is 11.5 Å². The molecule has 1 heterocycles. The van der Waals surface area contributed by atoms with Gasteiger partial charge in [0.25, 0.3) is 0 Å². The molecule has 2 aromatic carbocycles. The molecule has 29 heavy (non-hydrogen) atoms. The SMILES string of the molecule is CN(C)C(=O)Oc1ccc2c(=O)cc(-c3ccccc3OC(=O)N(C)C)oc2c1. The highest BCUT2D eigenvalue weighted by atomic mass is 16.6. The minimum Gasteiger partial charge on any atom is -0.456 e. The molecule has 0 N–H and O–H groups in total. The molecule has 8 nitrogen and oxygen atoms in total. The summed E-state index contributed by atoms with van der Waals surface area (Å²) < 4.78 is 16.5. The summed E-state index contributed by atoms with van der Waals surface area (Å²) in [5, 5.41) is 0.334. The molecule has 0 aliphatic carbocycles. The molecule has 150 valence electrons. The summed E-state index contributed by atoms with van der Waals surface area (Å²) in [6.07, 6.45) is -1.11. The fourth-order valence-corrected chi connectivity index (χ4v) is 2.47. The zero-order chi connectivity index (χ0) is 21.1. The van der Waals surface area contributed by atoms with Gasteiger partial charge in [0.15, 0.2) is 5.43 Å². The first kappa shape index (κ1) is 19.9. The number of amides is 2. The molecule has 0 unspecified atom stereocenters. The van der Waals surface area contributed by atoms with Gasteiger partial charge in [0, 0.05) is 40.3 Å². The Morgan fingerprint density at radius 3 is 2.21 bits per heavy atom. The molecular formula is C21H20N2O6. The first-order valence-corrected chi connectivity index (χ1v) is 8.72. The van der Waals surface area contributed by atoms with Crippen LogP contribution in [0, 0.1) is 0 Å². The van der Waals surface area contributed by atoms with Gasteiger partial charge in [0.2, 0.25) is 0 Å². The molecule has 0 aliphatic rings. The third-order valence-electron chi connectivity index (χ3n) is 3.99. The Hall–Kier alpha value is -3.81. The number of para-hydroxylation sites is 1. The normalized spacial score (nSPS) is 10.5. The second kappa shape index (κ2) is 8.05.